The van der Waals surface area contributed by atoms with Crippen molar-refractivity contribution in [3.63, 3.8) is 0 Å². The van der Waals surface area contributed by atoms with Gasteiger partial charge in [0.1, 0.15) is 32.7 Å². The zero-order valence-corrected chi connectivity index (χ0v) is 42.0. The number of anilines is 2. The van der Waals surface area contributed by atoms with Crippen molar-refractivity contribution < 1.29 is 51.1 Å². The second-order valence-corrected chi connectivity index (χ2v) is 22.4. The molecular formula is C47H42N10O12S4. The number of rotatable bonds is 16. The third-order valence-electron chi connectivity index (χ3n) is 11.2. The summed E-state index contributed by atoms with van der Waals surface area (Å²) >= 11 is 0. The van der Waals surface area contributed by atoms with Crippen molar-refractivity contribution in [2.75, 3.05) is 11.5 Å². The van der Waals surface area contributed by atoms with Gasteiger partial charge in [0.05, 0.1) is 32.6 Å². The van der Waals surface area contributed by atoms with Crippen LogP contribution in [0.4, 0.5) is 34.4 Å². The van der Waals surface area contributed by atoms with Gasteiger partial charge in [-0.15, -0.1) is 20.5 Å². The van der Waals surface area contributed by atoms with E-state index in [1.54, 1.807) is 50.2 Å². The van der Waals surface area contributed by atoms with Gasteiger partial charge >= 0.3 is 20.2 Å². The lowest BCUT2D eigenvalue weighted by Crippen LogP contribution is -2.19. The van der Waals surface area contributed by atoms with Crippen LogP contribution in [0.15, 0.2) is 186 Å². The molecule has 0 aliphatic heterocycles. The van der Waals surface area contributed by atoms with Crippen LogP contribution in [0.5, 0.6) is 11.5 Å². The number of hydrogen-bond donors (Lipinski definition) is 4. The third kappa shape index (κ3) is 10.9. The molecule has 0 spiro atoms. The number of nitrogens with zero attached hydrogens (tertiary/aromatic N) is 8. The lowest BCUT2D eigenvalue weighted by atomic mass is 9.78. The summed E-state index contributed by atoms with van der Waals surface area (Å²) in [6.45, 7) is 6.98. The molecule has 8 aromatic rings. The number of nitrogens with two attached hydrogens (primary N) is 2. The van der Waals surface area contributed by atoms with Crippen LogP contribution in [0.2, 0.25) is 0 Å². The maximum atomic E-state index is 13.7. The highest BCUT2D eigenvalue weighted by Crippen LogP contribution is 2.38. The average molecular weight is 1070 g/mol. The third-order valence-corrected chi connectivity index (χ3v) is 15.5. The van der Waals surface area contributed by atoms with E-state index in [1.165, 1.54) is 119 Å². The summed E-state index contributed by atoms with van der Waals surface area (Å²) in [5, 5.41) is 25.3. The maximum absolute atomic E-state index is 13.7. The summed E-state index contributed by atoms with van der Waals surface area (Å²) < 4.78 is 134. The number of hydrogen-bond acceptors (Lipinski definition) is 18. The van der Waals surface area contributed by atoms with E-state index in [4.69, 9.17) is 19.8 Å². The molecule has 6 N–H and O–H groups in total. The Balaban J connectivity index is 0.947. The van der Waals surface area contributed by atoms with E-state index >= 15 is 0 Å². The van der Waals surface area contributed by atoms with Gasteiger partial charge in [-0.25, -0.2) is 9.36 Å². The lowest BCUT2D eigenvalue weighted by Gasteiger charge is -2.26. The van der Waals surface area contributed by atoms with Crippen molar-refractivity contribution in [3.05, 3.63) is 168 Å². The van der Waals surface area contributed by atoms with E-state index < -0.39 is 45.9 Å². The predicted octanol–water partition coefficient (Wildman–Crippen LogP) is 9.02. The minimum atomic E-state index is -4.52. The molecule has 22 nitrogen and oxygen atoms in total. The van der Waals surface area contributed by atoms with Crippen molar-refractivity contribution >= 4 is 74.9 Å². The van der Waals surface area contributed by atoms with Crippen molar-refractivity contribution in [2.24, 2.45) is 20.5 Å². The van der Waals surface area contributed by atoms with E-state index in [2.05, 4.69) is 30.7 Å². The summed E-state index contributed by atoms with van der Waals surface area (Å²) in [6.07, 6.45) is 0. The van der Waals surface area contributed by atoms with Gasteiger partial charge in [-0.05, 0) is 110 Å². The first-order valence-electron chi connectivity index (χ1n) is 21.3. The predicted molar refractivity (Wildman–Crippen MR) is 267 cm³/mol. The zero-order valence-electron chi connectivity index (χ0n) is 38.7. The monoisotopic (exact) mass is 1070 g/mol. The second kappa shape index (κ2) is 19.5. The smallest absolute Gasteiger partial charge is 0.341 e. The average Bonchev–Trinajstić information content (AvgIpc) is 3.80. The van der Waals surface area contributed by atoms with Gasteiger partial charge in [-0.3, -0.25) is 9.11 Å². The molecule has 6 aromatic carbocycles. The molecule has 376 valence electrons. The van der Waals surface area contributed by atoms with Gasteiger partial charge < -0.3 is 19.8 Å². The van der Waals surface area contributed by atoms with Gasteiger partial charge in [-0.1, -0.05) is 74.5 Å². The highest BCUT2D eigenvalue weighted by atomic mass is 32.2. The molecule has 0 aliphatic rings. The Kier molecular flexibility index (Phi) is 13.7. The van der Waals surface area contributed by atoms with Gasteiger partial charge in [-0.2, -0.15) is 43.9 Å². The number of aryl methyl sites for hydroxylation is 2. The Morgan fingerprint density at radius 2 is 0.849 bits per heavy atom. The zero-order chi connectivity index (χ0) is 52.7. The van der Waals surface area contributed by atoms with Gasteiger partial charge in [0.15, 0.2) is 23.0 Å². The fourth-order valence-electron chi connectivity index (χ4n) is 7.34. The van der Waals surface area contributed by atoms with Crippen molar-refractivity contribution in [2.45, 2.75) is 52.7 Å². The Hall–Kier alpha value is -8.14. The fourth-order valence-corrected chi connectivity index (χ4v) is 10.5. The molecule has 0 radical (unpaired) electrons. The molecule has 26 heteroatoms. The summed E-state index contributed by atoms with van der Waals surface area (Å²) in [5.41, 5.74) is 14.4. The fraction of sp³-hybridized carbons (Fsp3) is 0.106. The largest absolute Gasteiger partial charge is 0.382 e. The Bertz CT molecular complexity index is 3720. The lowest BCUT2D eigenvalue weighted by molar-refractivity contribution is 0.481. The van der Waals surface area contributed by atoms with Crippen LogP contribution in [0, 0.1) is 13.8 Å². The van der Waals surface area contributed by atoms with E-state index in [-0.39, 0.29) is 88.2 Å². The van der Waals surface area contributed by atoms with Gasteiger partial charge in [0, 0.05) is 5.41 Å². The van der Waals surface area contributed by atoms with Gasteiger partial charge in [0.25, 0.3) is 20.2 Å². The Labute approximate surface area is 419 Å². The molecule has 0 atom stereocenters. The highest BCUT2D eigenvalue weighted by Gasteiger charge is 2.27. The summed E-state index contributed by atoms with van der Waals surface area (Å²) in [7, 11) is -18.0. The minimum absolute atomic E-state index is 0.00808. The number of benzene rings is 6. The first-order valence-corrected chi connectivity index (χ1v) is 27.0. The Morgan fingerprint density at radius 3 is 1.21 bits per heavy atom. The van der Waals surface area contributed by atoms with Crippen LogP contribution in [0.3, 0.4) is 0 Å². The SMILES string of the molecule is Cc1nn(-c2cccc(S(=O)(=O)O)c2)c(N)c1N=Nc1ccccc1S(=O)(=O)Oc1ccc(C(C)(C)c2ccc(OS(=O)(=O)c3ccccc3N=Nc3c(C)nn(-c4cccc(S(=O)(=O)O)c4)c3N)cc2)cc1. The molecular weight excluding hydrogens is 1020 g/mol. The van der Waals surface area contributed by atoms with Crippen molar-refractivity contribution in [1.82, 2.24) is 19.6 Å². The van der Waals surface area contributed by atoms with Crippen LogP contribution in [0.1, 0.15) is 36.4 Å². The first-order chi connectivity index (χ1) is 34.3. The molecule has 0 amide bonds. The molecule has 0 saturated heterocycles. The molecule has 73 heavy (non-hydrogen) atoms. The number of aromatic nitrogens is 4. The summed E-state index contributed by atoms with van der Waals surface area (Å²) in [5.74, 6) is -0.0919. The second-order valence-electron chi connectivity index (χ2n) is 16.5. The molecule has 0 fully saturated rings. The van der Waals surface area contributed by atoms with Crippen molar-refractivity contribution in [1.29, 1.82) is 0 Å². The van der Waals surface area contributed by atoms with E-state index in [0.29, 0.717) is 0 Å². The summed E-state index contributed by atoms with van der Waals surface area (Å²) in [6, 6.07) is 34.7. The van der Waals surface area contributed by atoms with Crippen LogP contribution >= 0.6 is 0 Å². The van der Waals surface area contributed by atoms with E-state index in [9.17, 15) is 42.8 Å². The number of azo groups is 2. The standard InChI is InChI=1S/C47H42N10O12S4/c1-29-43(45(48)56(54-29)33-11-9-13-37(27-33)70(58,59)60)52-50-39-15-5-7-17-41(39)72(64,65)68-35-23-19-31(20-24-35)47(3,4)32-21-25-36(26-22-32)69-73(66,67)42-18-8-6-16-40(42)51-53-44-30(2)55-57(46(44)49)34-12-10-14-38(28-34)71(61,62)63/h5-28H,48-49H2,1-4H3,(H,58,59,60)(H,61,62,63). The molecule has 2 heterocycles. The summed E-state index contributed by atoms with van der Waals surface area (Å²) in [4.78, 5) is -1.37. The Morgan fingerprint density at radius 1 is 0.493 bits per heavy atom. The molecule has 8 rings (SSSR count). The molecule has 0 saturated carbocycles. The van der Waals surface area contributed by atoms with Crippen molar-refractivity contribution in [3.8, 4) is 22.9 Å². The van der Waals surface area contributed by atoms with Crippen LogP contribution in [-0.2, 0) is 45.9 Å². The van der Waals surface area contributed by atoms with Gasteiger partial charge in [0.2, 0.25) is 0 Å². The van der Waals surface area contributed by atoms with Crippen LogP contribution in [0.25, 0.3) is 11.4 Å². The van der Waals surface area contributed by atoms with E-state index in [1.807, 2.05) is 13.8 Å². The topological polar surface area (TPSA) is 333 Å². The molecule has 0 aliphatic carbocycles. The van der Waals surface area contributed by atoms with E-state index in [0.717, 1.165) is 11.1 Å². The van der Waals surface area contributed by atoms with Crippen LogP contribution < -0.4 is 19.8 Å². The normalized spacial score (nSPS) is 12.7. The molecule has 2 aromatic heterocycles. The van der Waals surface area contributed by atoms with Crippen LogP contribution in [-0.4, -0.2) is 62.3 Å². The maximum Gasteiger partial charge on any atom is 0.341 e. The quantitative estimate of drug-likeness (QED) is 0.0398. The minimum Gasteiger partial charge on any atom is -0.382 e. The molecule has 0 unspecified atom stereocenters. The first kappa shape index (κ1) is 51.2. The number of nitrogen functional groups attached to an aromatic ring is 2. The molecule has 0 bridgehead atoms. The highest BCUT2D eigenvalue weighted by molar-refractivity contribution is 7.87.